The Morgan fingerprint density at radius 3 is 2.25 bits per heavy atom. The second-order valence-electron chi connectivity index (χ2n) is 7.98. The third kappa shape index (κ3) is 7.45. The molecular weight excluding hydrogens is 436 g/mol. The first kappa shape index (κ1) is 25.5. The van der Waals surface area contributed by atoms with E-state index in [-0.39, 0.29) is 30.4 Å². The van der Waals surface area contributed by atoms with Crippen molar-refractivity contribution < 1.29 is 32.3 Å². The molecule has 1 aromatic carbocycles. The quantitative estimate of drug-likeness (QED) is 0.510. The Morgan fingerprint density at radius 1 is 0.969 bits per heavy atom. The maximum atomic E-state index is 12.9. The van der Waals surface area contributed by atoms with Gasteiger partial charge in [0.05, 0.1) is 16.9 Å². The summed E-state index contributed by atoms with van der Waals surface area (Å²) < 4.78 is 38.7. The summed E-state index contributed by atoms with van der Waals surface area (Å²) >= 11 is 0. The molecule has 1 aliphatic rings. The first-order chi connectivity index (χ1) is 15.0. The van der Waals surface area contributed by atoms with E-state index in [0.717, 1.165) is 5.56 Å². The number of amides is 1. The highest BCUT2D eigenvalue weighted by Crippen LogP contribution is 2.15. The molecule has 0 saturated carbocycles. The largest absolute Gasteiger partial charge is 0.464 e. The number of hydrogen-bond donors (Lipinski definition) is 2. The number of cyclic esters (lactones) is 2. The van der Waals surface area contributed by atoms with Crippen LogP contribution in [0, 0.1) is 18.8 Å². The maximum Gasteiger partial charge on any atom is 0.328 e. The van der Waals surface area contributed by atoms with Crippen molar-refractivity contribution in [1.29, 1.82) is 0 Å². The van der Waals surface area contributed by atoms with Gasteiger partial charge in [0, 0.05) is 6.42 Å². The van der Waals surface area contributed by atoms with E-state index in [4.69, 9.17) is 9.47 Å². The predicted molar refractivity (Wildman–Crippen MR) is 117 cm³/mol. The van der Waals surface area contributed by atoms with Crippen molar-refractivity contribution in [2.45, 2.75) is 51.1 Å². The molecule has 1 heterocycles. The normalized spacial score (nSPS) is 27.3. The summed E-state index contributed by atoms with van der Waals surface area (Å²) in [6, 6.07) is 4.74. The Morgan fingerprint density at radius 2 is 1.59 bits per heavy atom. The highest BCUT2D eigenvalue weighted by molar-refractivity contribution is 7.89. The zero-order valence-electron chi connectivity index (χ0n) is 18.7. The van der Waals surface area contributed by atoms with Gasteiger partial charge in [-0.3, -0.25) is 9.59 Å². The number of esters is 2. The molecule has 0 aromatic heterocycles. The highest BCUT2D eigenvalue weighted by Gasteiger charge is 2.27. The lowest BCUT2D eigenvalue weighted by Gasteiger charge is -2.23. The summed E-state index contributed by atoms with van der Waals surface area (Å²) in [6.07, 6.45) is 3.24. The van der Waals surface area contributed by atoms with E-state index >= 15 is 0 Å². The molecule has 10 heteroatoms. The van der Waals surface area contributed by atoms with Gasteiger partial charge < -0.3 is 14.8 Å². The molecule has 1 aliphatic heterocycles. The van der Waals surface area contributed by atoms with Gasteiger partial charge in [0.15, 0.2) is 0 Å². The smallest absolute Gasteiger partial charge is 0.328 e. The van der Waals surface area contributed by atoms with Gasteiger partial charge in [0.1, 0.15) is 19.3 Å². The molecule has 32 heavy (non-hydrogen) atoms. The summed E-state index contributed by atoms with van der Waals surface area (Å²) in [5, 5.41) is 2.52. The number of nitrogens with one attached hydrogen (secondary N) is 2. The molecular formula is C22H30N2O7S. The monoisotopic (exact) mass is 466 g/mol. The fourth-order valence-corrected chi connectivity index (χ4v) is 4.19. The fourth-order valence-electron chi connectivity index (χ4n) is 2.88. The molecule has 4 atom stereocenters. The van der Waals surface area contributed by atoms with E-state index in [1.54, 1.807) is 31.2 Å². The lowest BCUT2D eigenvalue weighted by atomic mass is 10.0. The number of ether oxygens (including phenoxy) is 2. The van der Waals surface area contributed by atoms with Crippen LogP contribution in [-0.2, 0) is 33.9 Å². The van der Waals surface area contributed by atoms with Crippen LogP contribution in [0.15, 0.2) is 41.3 Å². The van der Waals surface area contributed by atoms with Gasteiger partial charge in [-0.15, -0.1) is 0 Å². The highest BCUT2D eigenvalue weighted by atomic mass is 32.2. The lowest BCUT2D eigenvalue weighted by molar-refractivity contribution is -0.156. The van der Waals surface area contributed by atoms with Crippen molar-refractivity contribution in [1.82, 2.24) is 10.0 Å². The van der Waals surface area contributed by atoms with Crippen molar-refractivity contribution >= 4 is 27.9 Å². The molecule has 0 aliphatic carbocycles. The number of carbonyl (C=O) groups excluding carboxylic acids is 3. The van der Waals surface area contributed by atoms with E-state index in [2.05, 4.69) is 10.0 Å². The molecule has 0 radical (unpaired) electrons. The molecule has 2 N–H and O–H groups in total. The summed E-state index contributed by atoms with van der Waals surface area (Å²) in [6.45, 7) is 6.18. The van der Waals surface area contributed by atoms with Crippen molar-refractivity contribution in [2.75, 3.05) is 13.2 Å². The van der Waals surface area contributed by atoms with E-state index in [0.29, 0.717) is 0 Å². The van der Waals surface area contributed by atoms with Crippen molar-refractivity contribution in [3.8, 4) is 0 Å². The van der Waals surface area contributed by atoms with Crippen LogP contribution in [0.2, 0.25) is 0 Å². The van der Waals surface area contributed by atoms with Gasteiger partial charge in [0.25, 0.3) is 0 Å². The topological polar surface area (TPSA) is 128 Å². The van der Waals surface area contributed by atoms with Crippen LogP contribution in [-0.4, -0.2) is 51.6 Å². The molecule has 9 nitrogen and oxygen atoms in total. The molecule has 2 rings (SSSR count). The van der Waals surface area contributed by atoms with E-state index in [1.165, 1.54) is 26.0 Å². The number of benzene rings is 1. The minimum atomic E-state index is -3.87. The fraction of sp³-hybridized carbons (Fsp3) is 0.500. The Balaban J connectivity index is 2.24. The van der Waals surface area contributed by atoms with Gasteiger partial charge >= 0.3 is 11.9 Å². The van der Waals surface area contributed by atoms with Crippen molar-refractivity contribution in [3.63, 3.8) is 0 Å². The van der Waals surface area contributed by atoms with Crippen LogP contribution < -0.4 is 10.0 Å². The minimum absolute atomic E-state index is 0.00438. The second-order valence-corrected chi connectivity index (χ2v) is 9.70. The van der Waals surface area contributed by atoms with Gasteiger partial charge in [-0.2, -0.15) is 0 Å². The third-order valence-electron chi connectivity index (χ3n) is 5.03. The molecule has 0 bridgehead atoms. The number of rotatable bonds is 3. The van der Waals surface area contributed by atoms with Gasteiger partial charge in [-0.25, -0.2) is 17.9 Å². The van der Waals surface area contributed by atoms with Crippen LogP contribution in [0.5, 0.6) is 0 Å². The Kier molecular flexibility index (Phi) is 8.97. The molecule has 0 saturated heterocycles. The third-order valence-corrected chi connectivity index (χ3v) is 6.54. The molecule has 176 valence electrons. The zero-order chi connectivity index (χ0) is 23.9. The summed E-state index contributed by atoms with van der Waals surface area (Å²) in [5.41, 5.74) is 0.922. The van der Waals surface area contributed by atoms with Crippen LogP contribution in [0.25, 0.3) is 0 Å². The minimum Gasteiger partial charge on any atom is -0.464 e. The van der Waals surface area contributed by atoms with E-state index in [1.807, 2.05) is 6.92 Å². The maximum absolute atomic E-state index is 12.9. The average molecular weight is 467 g/mol. The Labute approximate surface area is 188 Å². The van der Waals surface area contributed by atoms with Gasteiger partial charge in [-0.1, -0.05) is 36.8 Å². The first-order valence-electron chi connectivity index (χ1n) is 10.4. The molecule has 0 spiro atoms. The number of carbonyl (C=O) groups is 3. The van der Waals surface area contributed by atoms with Gasteiger partial charge in [0.2, 0.25) is 15.9 Å². The van der Waals surface area contributed by atoms with Crippen molar-refractivity contribution in [2.24, 2.45) is 11.8 Å². The molecule has 0 fully saturated rings. The summed E-state index contributed by atoms with van der Waals surface area (Å²) in [5.74, 6) is -2.82. The SMILES string of the molecule is Cc1ccc(S(=O)(=O)N[C@H]2COC(=O)[C@@H](C)COC(=O)[C@H](C)NC(=O)C/C=C/[C@@H]2C)cc1. The summed E-state index contributed by atoms with van der Waals surface area (Å²) in [4.78, 5) is 36.5. The number of sulfonamides is 1. The lowest BCUT2D eigenvalue weighted by Crippen LogP contribution is -2.43. The second kappa shape index (κ2) is 11.2. The molecule has 1 aromatic rings. The first-order valence-corrected chi connectivity index (χ1v) is 11.9. The van der Waals surface area contributed by atoms with E-state index < -0.39 is 45.9 Å². The van der Waals surface area contributed by atoms with Crippen LogP contribution >= 0.6 is 0 Å². The molecule has 1 amide bonds. The average Bonchev–Trinajstić information content (AvgIpc) is 2.73. The number of aryl methyl sites for hydroxylation is 1. The van der Waals surface area contributed by atoms with Crippen LogP contribution in [0.1, 0.15) is 32.8 Å². The van der Waals surface area contributed by atoms with Gasteiger partial charge in [-0.05, 0) is 38.8 Å². The zero-order valence-corrected chi connectivity index (χ0v) is 19.5. The predicted octanol–water partition coefficient (Wildman–Crippen LogP) is 1.47. The Bertz CT molecular complexity index is 957. The molecule has 0 unspecified atom stereocenters. The van der Waals surface area contributed by atoms with Crippen LogP contribution in [0.3, 0.4) is 0 Å². The number of hydrogen-bond acceptors (Lipinski definition) is 7. The summed E-state index contributed by atoms with van der Waals surface area (Å²) in [7, 11) is -3.87. The van der Waals surface area contributed by atoms with Crippen molar-refractivity contribution in [3.05, 3.63) is 42.0 Å². The van der Waals surface area contributed by atoms with E-state index in [9.17, 15) is 22.8 Å². The Hall–Kier alpha value is -2.72. The standard InChI is InChI=1S/C22H30N2O7S/c1-14-8-10-18(11-9-14)32(28,29)24-19-13-31-21(26)16(3)12-30-22(27)17(4)23-20(25)7-5-6-15(19)2/h5-6,8-11,15-17,19,24H,7,12-13H2,1-4H3,(H,23,25)/b6-5+/t15-,16-,17-,19-/m0/s1. The van der Waals surface area contributed by atoms with Crippen LogP contribution in [0.4, 0.5) is 0 Å².